The topological polar surface area (TPSA) is 40.5 Å². The smallest absolute Gasteiger partial charge is 0.126 e. The van der Waals surface area contributed by atoms with Gasteiger partial charge in [0.1, 0.15) is 11.5 Å². The van der Waals surface area contributed by atoms with Crippen LogP contribution in [0.1, 0.15) is 52.7 Å². The summed E-state index contributed by atoms with van der Waals surface area (Å²) >= 11 is 0. The summed E-state index contributed by atoms with van der Waals surface area (Å²) in [6.07, 6.45) is 0. The fraction of sp³-hybridized carbons (Fsp3) is 0.571. The first-order chi connectivity index (χ1) is 7.05. The average molecular weight is 222 g/mol. The minimum Gasteiger partial charge on any atom is -0.508 e. The van der Waals surface area contributed by atoms with Gasteiger partial charge in [0.25, 0.3) is 0 Å². The second-order valence-electron chi connectivity index (χ2n) is 6.36. The maximum Gasteiger partial charge on any atom is 0.126 e. The maximum absolute atomic E-state index is 10.3. The van der Waals surface area contributed by atoms with Gasteiger partial charge in [0.05, 0.1) is 0 Å². The van der Waals surface area contributed by atoms with Crippen LogP contribution in [0, 0.1) is 0 Å². The number of rotatable bonds is 0. The van der Waals surface area contributed by atoms with Gasteiger partial charge in [-0.2, -0.15) is 0 Å². The van der Waals surface area contributed by atoms with Crippen LogP contribution in [0.15, 0.2) is 12.1 Å². The van der Waals surface area contributed by atoms with Crippen molar-refractivity contribution in [3.8, 4) is 11.5 Å². The summed E-state index contributed by atoms with van der Waals surface area (Å²) in [5, 5.41) is 20.1. The Hall–Kier alpha value is -1.18. The first kappa shape index (κ1) is 12.9. The van der Waals surface area contributed by atoms with Crippen LogP contribution in [0.25, 0.3) is 0 Å². The molecule has 1 rings (SSSR count). The molecule has 0 spiro atoms. The predicted octanol–water partition coefficient (Wildman–Crippen LogP) is 3.69. The van der Waals surface area contributed by atoms with Gasteiger partial charge in [-0.25, -0.2) is 0 Å². The molecule has 16 heavy (non-hydrogen) atoms. The van der Waals surface area contributed by atoms with E-state index in [0.29, 0.717) is 5.56 Å². The number of aromatic hydroxyl groups is 2. The molecular formula is C14H22O2. The van der Waals surface area contributed by atoms with Crippen molar-refractivity contribution in [3.05, 3.63) is 23.3 Å². The van der Waals surface area contributed by atoms with E-state index in [2.05, 4.69) is 0 Å². The van der Waals surface area contributed by atoms with Crippen molar-refractivity contribution in [1.82, 2.24) is 0 Å². The van der Waals surface area contributed by atoms with Crippen LogP contribution in [-0.2, 0) is 10.8 Å². The Kier molecular flexibility index (Phi) is 2.97. The van der Waals surface area contributed by atoms with E-state index in [4.69, 9.17) is 0 Å². The van der Waals surface area contributed by atoms with Crippen molar-refractivity contribution < 1.29 is 10.2 Å². The normalized spacial score (nSPS) is 12.9. The zero-order chi connectivity index (χ0) is 12.7. The molecule has 0 heterocycles. The largest absolute Gasteiger partial charge is 0.508 e. The average Bonchev–Trinajstić information content (AvgIpc) is 1.97. The Morgan fingerprint density at radius 3 is 1.69 bits per heavy atom. The van der Waals surface area contributed by atoms with Crippen molar-refractivity contribution in [3.63, 3.8) is 0 Å². The Bertz CT molecular complexity index is 392. The Balaban J connectivity index is 3.52. The molecule has 0 saturated carbocycles. The molecule has 0 bridgehead atoms. The molecule has 0 amide bonds. The van der Waals surface area contributed by atoms with Crippen LogP contribution in [0.3, 0.4) is 0 Å². The second-order valence-corrected chi connectivity index (χ2v) is 6.36. The van der Waals surface area contributed by atoms with E-state index < -0.39 is 0 Å². The van der Waals surface area contributed by atoms with E-state index in [0.717, 1.165) is 5.56 Å². The highest BCUT2D eigenvalue weighted by molar-refractivity contribution is 5.54. The lowest BCUT2D eigenvalue weighted by Gasteiger charge is -2.27. The summed E-state index contributed by atoms with van der Waals surface area (Å²) in [5.41, 5.74) is 1.10. The Morgan fingerprint density at radius 2 is 1.31 bits per heavy atom. The molecule has 0 aliphatic heterocycles. The van der Waals surface area contributed by atoms with Gasteiger partial charge < -0.3 is 10.2 Å². The van der Waals surface area contributed by atoms with E-state index >= 15 is 0 Å². The highest BCUT2D eigenvalue weighted by Gasteiger charge is 2.27. The standard InChI is InChI=1S/C14H22O2/c1-13(2,3)9-7-8-10(15)11(12(9)16)14(4,5)6/h7-8,15-16H,1-6H3. The molecule has 0 fully saturated rings. The van der Waals surface area contributed by atoms with Crippen LogP contribution in [0.5, 0.6) is 11.5 Å². The number of benzene rings is 1. The summed E-state index contributed by atoms with van der Waals surface area (Å²) < 4.78 is 0. The fourth-order valence-electron chi connectivity index (χ4n) is 1.93. The lowest BCUT2D eigenvalue weighted by molar-refractivity contribution is 0.397. The Morgan fingerprint density at radius 1 is 0.812 bits per heavy atom. The molecule has 1 aromatic rings. The van der Waals surface area contributed by atoms with Gasteiger partial charge in [0.2, 0.25) is 0 Å². The lowest BCUT2D eigenvalue weighted by Crippen LogP contribution is -2.17. The van der Waals surface area contributed by atoms with Crippen molar-refractivity contribution in [2.75, 3.05) is 0 Å². The summed E-state index contributed by atoms with van der Waals surface area (Å²) in [6, 6.07) is 3.46. The van der Waals surface area contributed by atoms with E-state index in [1.165, 1.54) is 0 Å². The zero-order valence-corrected chi connectivity index (χ0v) is 11.0. The molecule has 0 aromatic heterocycles. The monoisotopic (exact) mass is 222 g/mol. The number of phenols is 2. The maximum atomic E-state index is 10.3. The molecule has 0 atom stereocenters. The molecule has 0 unspecified atom stereocenters. The minimum absolute atomic E-state index is 0.127. The molecule has 2 nitrogen and oxygen atoms in total. The van der Waals surface area contributed by atoms with Gasteiger partial charge in [0.15, 0.2) is 0 Å². The van der Waals surface area contributed by atoms with Gasteiger partial charge in [-0.3, -0.25) is 0 Å². The van der Waals surface area contributed by atoms with Gasteiger partial charge >= 0.3 is 0 Å². The molecule has 90 valence electrons. The SMILES string of the molecule is CC(C)(C)c1ccc(O)c(C(C)(C)C)c1O. The lowest BCUT2D eigenvalue weighted by atomic mass is 9.79. The fourth-order valence-corrected chi connectivity index (χ4v) is 1.93. The van der Waals surface area contributed by atoms with E-state index in [1.807, 2.05) is 41.5 Å². The van der Waals surface area contributed by atoms with Gasteiger partial charge in [0, 0.05) is 5.56 Å². The van der Waals surface area contributed by atoms with Crippen LogP contribution in [0.2, 0.25) is 0 Å². The van der Waals surface area contributed by atoms with Crippen molar-refractivity contribution >= 4 is 0 Å². The van der Waals surface area contributed by atoms with Crippen molar-refractivity contribution in [2.24, 2.45) is 0 Å². The van der Waals surface area contributed by atoms with E-state index in [1.54, 1.807) is 12.1 Å². The quantitative estimate of drug-likeness (QED) is 0.702. The first-order valence-corrected chi connectivity index (χ1v) is 5.61. The third-order valence-corrected chi connectivity index (χ3v) is 2.71. The second kappa shape index (κ2) is 3.69. The molecule has 0 saturated heterocycles. The molecule has 0 aliphatic carbocycles. The van der Waals surface area contributed by atoms with Gasteiger partial charge in [-0.15, -0.1) is 0 Å². The third kappa shape index (κ3) is 2.31. The van der Waals surface area contributed by atoms with Crippen molar-refractivity contribution in [2.45, 2.75) is 52.4 Å². The molecule has 0 aliphatic rings. The van der Waals surface area contributed by atoms with E-state index in [-0.39, 0.29) is 22.3 Å². The van der Waals surface area contributed by atoms with Crippen LogP contribution >= 0.6 is 0 Å². The number of hydrogen-bond donors (Lipinski definition) is 2. The van der Waals surface area contributed by atoms with Crippen LogP contribution < -0.4 is 0 Å². The number of phenolic OH excluding ortho intramolecular Hbond substituents is 2. The molecule has 2 heteroatoms. The van der Waals surface area contributed by atoms with Gasteiger partial charge in [-0.1, -0.05) is 47.6 Å². The molecular weight excluding hydrogens is 200 g/mol. The summed E-state index contributed by atoms with van der Waals surface area (Å²) in [7, 11) is 0. The first-order valence-electron chi connectivity index (χ1n) is 5.61. The van der Waals surface area contributed by atoms with Gasteiger partial charge in [-0.05, 0) is 22.5 Å². The summed E-state index contributed by atoms with van der Waals surface area (Å²) in [6.45, 7) is 12.1. The minimum atomic E-state index is -0.268. The zero-order valence-electron chi connectivity index (χ0n) is 11.0. The van der Waals surface area contributed by atoms with E-state index in [9.17, 15) is 10.2 Å². The van der Waals surface area contributed by atoms with Crippen LogP contribution in [-0.4, -0.2) is 10.2 Å². The molecule has 1 aromatic carbocycles. The summed E-state index contributed by atoms with van der Waals surface area (Å²) in [4.78, 5) is 0. The highest BCUT2D eigenvalue weighted by atomic mass is 16.3. The number of hydrogen-bond acceptors (Lipinski definition) is 2. The van der Waals surface area contributed by atoms with Crippen LogP contribution in [0.4, 0.5) is 0 Å². The molecule has 0 radical (unpaired) electrons. The van der Waals surface area contributed by atoms with Crippen molar-refractivity contribution in [1.29, 1.82) is 0 Å². The summed E-state index contributed by atoms with van der Waals surface area (Å²) in [5.74, 6) is 0.387. The third-order valence-electron chi connectivity index (χ3n) is 2.71. The predicted molar refractivity (Wildman–Crippen MR) is 67.2 cm³/mol. The highest BCUT2D eigenvalue weighted by Crippen LogP contribution is 2.43. The molecule has 2 N–H and O–H groups in total. The Labute approximate surface area is 97.9 Å².